The van der Waals surface area contributed by atoms with Gasteiger partial charge in [0.2, 0.25) is 5.91 Å². The van der Waals surface area contributed by atoms with E-state index < -0.39 is 5.54 Å². The van der Waals surface area contributed by atoms with Gasteiger partial charge in [-0.3, -0.25) is 9.48 Å². The molecule has 0 radical (unpaired) electrons. The third kappa shape index (κ3) is 4.16. The van der Waals surface area contributed by atoms with Gasteiger partial charge in [0.1, 0.15) is 0 Å². The van der Waals surface area contributed by atoms with E-state index in [1.807, 2.05) is 62.0 Å². The number of carbonyl (C=O) groups excluding carboxylic acids is 1. The van der Waals surface area contributed by atoms with Crippen molar-refractivity contribution in [2.75, 3.05) is 11.9 Å². The van der Waals surface area contributed by atoms with Crippen LogP contribution in [-0.4, -0.2) is 27.8 Å². The normalized spacial score (nSPS) is 11.4. The molecule has 5 nitrogen and oxygen atoms in total. The zero-order valence-corrected chi connectivity index (χ0v) is 12.8. The summed E-state index contributed by atoms with van der Waals surface area (Å²) in [4.78, 5) is 12.3. The van der Waals surface area contributed by atoms with Crippen molar-refractivity contribution in [1.82, 2.24) is 15.1 Å². The van der Waals surface area contributed by atoms with E-state index in [2.05, 4.69) is 15.7 Å². The highest BCUT2D eigenvalue weighted by Crippen LogP contribution is 2.14. The van der Waals surface area contributed by atoms with E-state index in [4.69, 9.17) is 0 Å². The van der Waals surface area contributed by atoms with E-state index in [-0.39, 0.29) is 5.91 Å². The maximum absolute atomic E-state index is 12.3. The lowest BCUT2D eigenvalue weighted by atomic mass is 10.0. The van der Waals surface area contributed by atoms with Crippen molar-refractivity contribution in [3.8, 4) is 0 Å². The van der Waals surface area contributed by atoms with E-state index in [1.54, 1.807) is 6.20 Å². The molecule has 5 heteroatoms. The number of hydrogen-bond acceptors (Lipinski definition) is 3. The summed E-state index contributed by atoms with van der Waals surface area (Å²) in [5, 5.41) is 10.3. The predicted octanol–water partition coefficient (Wildman–Crippen LogP) is 2.26. The van der Waals surface area contributed by atoms with Gasteiger partial charge in [-0.1, -0.05) is 19.1 Å². The third-order valence-corrected chi connectivity index (χ3v) is 3.27. The largest absolute Gasteiger partial charge is 0.324 e. The molecule has 0 fully saturated rings. The highest BCUT2D eigenvalue weighted by molar-refractivity contribution is 5.97. The molecule has 0 bridgehead atoms. The summed E-state index contributed by atoms with van der Waals surface area (Å²) in [6, 6.07) is 9.72. The minimum atomic E-state index is -0.591. The van der Waals surface area contributed by atoms with Crippen molar-refractivity contribution in [1.29, 1.82) is 0 Å². The van der Waals surface area contributed by atoms with E-state index in [1.165, 1.54) is 0 Å². The van der Waals surface area contributed by atoms with Crippen molar-refractivity contribution in [2.24, 2.45) is 0 Å². The molecule has 0 saturated carbocycles. The molecule has 21 heavy (non-hydrogen) atoms. The maximum atomic E-state index is 12.3. The van der Waals surface area contributed by atoms with E-state index >= 15 is 0 Å². The molecule has 0 atom stereocenters. The number of aromatic nitrogens is 2. The molecule has 0 aliphatic heterocycles. The first-order valence-corrected chi connectivity index (χ1v) is 7.14. The second-order valence-electron chi connectivity index (χ2n) is 5.51. The zero-order chi connectivity index (χ0) is 15.3. The molecule has 112 valence electrons. The number of nitrogens with zero attached hydrogens (tertiary/aromatic N) is 2. The van der Waals surface area contributed by atoms with Gasteiger partial charge in [0.15, 0.2) is 0 Å². The summed E-state index contributed by atoms with van der Waals surface area (Å²) < 4.78 is 1.85. The van der Waals surface area contributed by atoms with Gasteiger partial charge in [0.05, 0.1) is 12.1 Å². The number of carbonyl (C=O) groups is 1. The molecule has 1 aromatic carbocycles. The Kier molecular flexibility index (Phi) is 4.75. The first kappa shape index (κ1) is 15.3. The molecule has 0 spiro atoms. The second kappa shape index (κ2) is 6.54. The number of benzene rings is 1. The van der Waals surface area contributed by atoms with Crippen LogP contribution in [0.15, 0.2) is 42.7 Å². The number of amides is 1. The number of hydrogen-bond donors (Lipinski definition) is 2. The Morgan fingerprint density at radius 3 is 2.81 bits per heavy atom. The molecule has 2 aromatic rings. The highest BCUT2D eigenvalue weighted by Gasteiger charge is 2.26. The van der Waals surface area contributed by atoms with Crippen LogP contribution in [0.4, 0.5) is 5.69 Å². The summed E-state index contributed by atoms with van der Waals surface area (Å²) in [6.45, 7) is 7.17. The molecular formula is C16H22N4O. The Morgan fingerprint density at radius 2 is 2.14 bits per heavy atom. The number of rotatable bonds is 6. The quantitative estimate of drug-likeness (QED) is 0.856. The van der Waals surface area contributed by atoms with Gasteiger partial charge in [0, 0.05) is 18.1 Å². The van der Waals surface area contributed by atoms with Crippen LogP contribution in [-0.2, 0) is 11.3 Å². The van der Waals surface area contributed by atoms with E-state index in [9.17, 15) is 4.79 Å². The molecule has 0 aliphatic carbocycles. The summed E-state index contributed by atoms with van der Waals surface area (Å²) in [5.74, 6) is -0.0411. The molecule has 2 N–H and O–H groups in total. The third-order valence-electron chi connectivity index (χ3n) is 3.27. The molecule has 1 heterocycles. The highest BCUT2D eigenvalue weighted by atomic mass is 16.2. The minimum absolute atomic E-state index is 0.0411. The van der Waals surface area contributed by atoms with E-state index in [0.29, 0.717) is 6.54 Å². The summed E-state index contributed by atoms with van der Waals surface area (Å²) >= 11 is 0. The van der Waals surface area contributed by atoms with Crippen LogP contribution in [0.1, 0.15) is 26.3 Å². The van der Waals surface area contributed by atoms with Crippen LogP contribution in [0.5, 0.6) is 0 Å². The maximum Gasteiger partial charge on any atom is 0.244 e. The fraction of sp³-hybridized carbons (Fsp3) is 0.375. The van der Waals surface area contributed by atoms with Gasteiger partial charge in [0.25, 0.3) is 0 Å². The number of nitrogens with one attached hydrogen (secondary N) is 2. The van der Waals surface area contributed by atoms with Crippen LogP contribution in [0, 0.1) is 0 Å². The van der Waals surface area contributed by atoms with Crippen LogP contribution < -0.4 is 10.6 Å². The molecule has 2 rings (SSSR count). The molecule has 0 unspecified atom stereocenters. The average Bonchev–Trinajstić information content (AvgIpc) is 2.92. The molecule has 0 saturated heterocycles. The summed E-state index contributed by atoms with van der Waals surface area (Å²) in [5.41, 5.74) is 1.31. The number of likely N-dealkylation sites (N-methyl/N-ethyl adjacent to an activating group) is 1. The van der Waals surface area contributed by atoms with Crippen molar-refractivity contribution >= 4 is 11.6 Å². The lowest BCUT2D eigenvalue weighted by Gasteiger charge is -2.24. The molecular weight excluding hydrogens is 264 g/mol. The molecule has 1 aromatic heterocycles. The lowest BCUT2D eigenvalue weighted by molar-refractivity contribution is -0.121. The van der Waals surface area contributed by atoms with Crippen LogP contribution in [0.25, 0.3) is 0 Å². The Balaban J connectivity index is 2.06. The van der Waals surface area contributed by atoms with Crippen molar-refractivity contribution in [3.63, 3.8) is 0 Å². The van der Waals surface area contributed by atoms with Crippen LogP contribution in [0.3, 0.4) is 0 Å². The predicted molar refractivity (Wildman–Crippen MR) is 84.2 cm³/mol. The van der Waals surface area contributed by atoms with E-state index in [0.717, 1.165) is 17.8 Å². The Hall–Kier alpha value is -2.14. The Bertz CT molecular complexity index is 590. The van der Waals surface area contributed by atoms with Gasteiger partial charge in [-0.25, -0.2) is 0 Å². The minimum Gasteiger partial charge on any atom is -0.324 e. The Labute approximate surface area is 125 Å². The average molecular weight is 286 g/mol. The molecule has 0 aliphatic rings. The van der Waals surface area contributed by atoms with Crippen molar-refractivity contribution < 1.29 is 4.79 Å². The topological polar surface area (TPSA) is 59.0 Å². The van der Waals surface area contributed by atoms with Crippen molar-refractivity contribution in [2.45, 2.75) is 32.9 Å². The smallest absolute Gasteiger partial charge is 0.244 e. The lowest BCUT2D eigenvalue weighted by Crippen LogP contribution is -2.49. The second-order valence-corrected chi connectivity index (χ2v) is 5.51. The zero-order valence-electron chi connectivity index (χ0n) is 12.8. The first-order chi connectivity index (χ1) is 10.0. The van der Waals surface area contributed by atoms with Crippen LogP contribution >= 0.6 is 0 Å². The fourth-order valence-corrected chi connectivity index (χ4v) is 2.14. The van der Waals surface area contributed by atoms with Gasteiger partial charge < -0.3 is 10.6 Å². The first-order valence-electron chi connectivity index (χ1n) is 7.14. The van der Waals surface area contributed by atoms with Crippen LogP contribution in [0.2, 0.25) is 0 Å². The summed E-state index contributed by atoms with van der Waals surface area (Å²) in [7, 11) is 0. The number of anilines is 1. The summed E-state index contributed by atoms with van der Waals surface area (Å²) in [6.07, 6.45) is 3.67. The fourth-order valence-electron chi connectivity index (χ4n) is 2.14. The van der Waals surface area contributed by atoms with Gasteiger partial charge in [-0.05, 0) is 44.2 Å². The van der Waals surface area contributed by atoms with Gasteiger partial charge >= 0.3 is 0 Å². The monoisotopic (exact) mass is 286 g/mol. The van der Waals surface area contributed by atoms with Gasteiger partial charge in [-0.2, -0.15) is 5.10 Å². The standard InChI is InChI=1S/C16H22N4O/c1-4-17-16(2,3)15(21)19-14-8-5-7-13(11-14)12-20-10-6-9-18-20/h5-11,17H,4,12H2,1-3H3,(H,19,21). The van der Waals surface area contributed by atoms with Crippen molar-refractivity contribution in [3.05, 3.63) is 48.3 Å². The molecule has 1 amide bonds. The SMILES string of the molecule is CCNC(C)(C)C(=O)Nc1cccc(Cn2cccn2)c1. The van der Waals surface area contributed by atoms with Gasteiger partial charge in [-0.15, -0.1) is 0 Å². The Morgan fingerprint density at radius 1 is 1.33 bits per heavy atom.